The number of aliphatic carboxylic acids is 1. The van der Waals surface area contributed by atoms with Gasteiger partial charge >= 0.3 is 5.97 Å². The number of carbonyl (C=O) groups is 1. The normalized spacial score (nSPS) is 12.3. The molecule has 1 heterocycles. The molecular weight excluding hydrogens is 216 g/mol. The van der Waals surface area contributed by atoms with Crippen molar-refractivity contribution in [3.63, 3.8) is 0 Å². The fourth-order valence-electron chi connectivity index (χ4n) is 1.76. The lowest BCUT2D eigenvalue weighted by atomic mass is 9.98. The van der Waals surface area contributed by atoms with Gasteiger partial charge in [-0.1, -0.05) is 19.1 Å². The van der Waals surface area contributed by atoms with Crippen LogP contribution in [-0.2, 0) is 4.79 Å². The Hall–Kier alpha value is -2.10. The van der Waals surface area contributed by atoms with Crippen molar-refractivity contribution in [3.8, 4) is 5.69 Å². The highest BCUT2D eigenvalue weighted by Crippen LogP contribution is 2.20. The Kier molecular flexibility index (Phi) is 3.23. The van der Waals surface area contributed by atoms with E-state index in [1.165, 1.54) is 0 Å². The van der Waals surface area contributed by atoms with E-state index >= 15 is 0 Å². The molecule has 17 heavy (non-hydrogen) atoms. The lowest BCUT2D eigenvalue weighted by Gasteiger charge is -2.10. The molecule has 0 radical (unpaired) electrons. The summed E-state index contributed by atoms with van der Waals surface area (Å²) in [6.07, 6.45) is 3.75. The predicted octanol–water partition coefficient (Wildman–Crippen LogP) is 2.45. The summed E-state index contributed by atoms with van der Waals surface area (Å²) in [6, 6.07) is 9.65. The molecule has 2 aromatic rings. The monoisotopic (exact) mass is 230 g/mol. The van der Waals surface area contributed by atoms with Crippen LogP contribution < -0.4 is 0 Å². The minimum atomic E-state index is -0.770. The molecule has 0 saturated heterocycles. The van der Waals surface area contributed by atoms with Crippen LogP contribution in [0, 0.1) is 0 Å². The van der Waals surface area contributed by atoms with Crippen molar-refractivity contribution in [1.82, 2.24) is 9.78 Å². The third kappa shape index (κ3) is 2.72. The molecule has 0 aliphatic heterocycles. The Morgan fingerprint density at radius 1 is 1.41 bits per heavy atom. The largest absolute Gasteiger partial charge is 0.481 e. The van der Waals surface area contributed by atoms with Gasteiger partial charge in [0.2, 0.25) is 0 Å². The van der Waals surface area contributed by atoms with Gasteiger partial charge in [-0.25, -0.2) is 4.68 Å². The van der Waals surface area contributed by atoms with E-state index in [-0.39, 0.29) is 12.3 Å². The Bertz CT molecular complexity index is 489. The SMILES string of the molecule is CC(CC(=O)O)c1ccc(-n2cccn2)cc1. The van der Waals surface area contributed by atoms with Gasteiger partial charge in [0.1, 0.15) is 0 Å². The number of nitrogens with zero attached hydrogens (tertiary/aromatic N) is 2. The van der Waals surface area contributed by atoms with Gasteiger partial charge < -0.3 is 5.11 Å². The summed E-state index contributed by atoms with van der Waals surface area (Å²) in [4.78, 5) is 10.6. The molecule has 0 spiro atoms. The van der Waals surface area contributed by atoms with Crippen LogP contribution in [0.4, 0.5) is 0 Å². The second kappa shape index (κ2) is 4.82. The van der Waals surface area contributed by atoms with Crippen LogP contribution in [0.2, 0.25) is 0 Å². The van der Waals surface area contributed by atoms with E-state index in [9.17, 15) is 4.79 Å². The fraction of sp³-hybridized carbons (Fsp3) is 0.231. The van der Waals surface area contributed by atoms with E-state index in [2.05, 4.69) is 5.10 Å². The van der Waals surface area contributed by atoms with Gasteiger partial charge in [0.15, 0.2) is 0 Å². The van der Waals surface area contributed by atoms with Crippen molar-refractivity contribution in [2.24, 2.45) is 0 Å². The number of aromatic nitrogens is 2. The molecule has 0 fully saturated rings. The number of hydrogen-bond acceptors (Lipinski definition) is 2. The summed E-state index contributed by atoms with van der Waals surface area (Å²) >= 11 is 0. The molecule has 0 bridgehead atoms. The minimum absolute atomic E-state index is 0.0270. The maximum absolute atomic E-state index is 10.6. The first-order valence-corrected chi connectivity index (χ1v) is 5.48. The first-order valence-electron chi connectivity index (χ1n) is 5.48. The quantitative estimate of drug-likeness (QED) is 0.877. The number of carboxylic acids is 1. The third-order valence-corrected chi connectivity index (χ3v) is 2.71. The topological polar surface area (TPSA) is 55.1 Å². The van der Waals surface area contributed by atoms with Gasteiger partial charge in [0, 0.05) is 12.4 Å². The van der Waals surface area contributed by atoms with Crippen molar-refractivity contribution >= 4 is 5.97 Å². The first-order chi connectivity index (χ1) is 8.16. The average Bonchev–Trinajstić information content (AvgIpc) is 2.82. The molecule has 1 unspecified atom stereocenters. The molecule has 0 saturated carbocycles. The molecule has 2 rings (SSSR count). The van der Waals surface area contributed by atoms with Gasteiger partial charge in [-0.2, -0.15) is 5.10 Å². The predicted molar refractivity (Wildman–Crippen MR) is 64.2 cm³/mol. The molecule has 1 aromatic carbocycles. The maximum Gasteiger partial charge on any atom is 0.303 e. The van der Waals surface area contributed by atoms with E-state index in [1.54, 1.807) is 10.9 Å². The van der Waals surface area contributed by atoms with Crippen LogP contribution in [0.1, 0.15) is 24.8 Å². The summed E-state index contributed by atoms with van der Waals surface area (Å²) < 4.78 is 1.77. The fourth-order valence-corrected chi connectivity index (χ4v) is 1.76. The van der Waals surface area contributed by atoms with E-state index in [0.717, 1.165) is 11.3 Å². The maximum atomic E-state index is 10.6. The Balaban J connectivity index is 2.15. The van der Waals surface area contributed by atoms with Gasteiger partial charge in [-0.15, -0.1) is 0 Å². The smallest absolute Gasteiger partial charge is 0.303 e. The molecular formula is C13H14N2O2. The van der Waals surface area contributed by atoms with Crippen LogP contribution in [-0.4, -0.2) is 20.9 Å². The molecule has 0 aliphatic rings. The second-order valence-corrected chi connectivity index (χ2v) is 4.04. The lowest BCUT2D eigenvalue weighted by Crippen LogP contribution is -2.03. The molecule has 0 aliphatic carbocycles. The van der Waals surface area contributed by atoms with E-state index in [0.29, 0.717) is 0 Å². The second-order valence-electron chi connectivity index (χ2n) is 4.04. The zero-order valence-corrected chi connectivity index (χ0v) is 9.58. The highest BCUT2D eigenvalue weighted by atomic mass is 16.4. The van der Waals surface area contributed by atoms with Crippen LogP contribution in [0.5, 0.6) is 0 Å². The number of rotatable bonds is 4. The van der Waals surface area contributed by atoms with Crippen LogP contribution in [0.3, 0.4) is 0 Å². The molecule has 88 valence electrons. The van der Waals surface area contributed by atoms with Crippen LogP contribution in [0.25, 0.3) is 5.69 Å². The summed E-state index contributed by atoms with van der Waals surface area (Å²) in [5.41, 5.74) is 2.00. The molecule has 1 atom stereocenters. The zero-order chi connectivity index (χ0) is 12.3. The van der Waals surface area contributed by atoms with Crippen LogP contribution in [0.15, 0.2) is 42.7 Å². The number of benzene rings is 1. The molecule has 1 N–H and O–H groups in total. The van der Waals surface area contributed by atoms with Gasteiger partial charge in [-0.3, -0.25) is 4.79 Å². The molecule has 1 aromatic heterocycles. The summed E-state index contributed by atoms with van der Waals surface area (Å²) in [6.45, 7) is 1.91. The van der Waals surface area contributed by atoms with Gasteiger partial charge in [0.05, 0.1) is 12.1 Å². The first kappa shape index (κ1) is 11.4. The van der Waals surface area contributed by atoms with Crippen molar-refractivity contribution in [1.29, 1.82) is 0 Å². The van der Waals surface area contributed by atoms with Crippen molar-refractivity contribution in [2.45, 2.75) is 19.3 Å². The van der Waals surface area contributed by atoms with E-state index in [1.807, 2.05) is 43.5 Å². The van der Waals surface area contributed by atoms with E-state index in [4.69, 9.17) is 5.11 Å². The van der Waals surface area contributed by atoms with Crippen molar-refractivity contribution < 1.29 is 9.90 Å². The van der Waals surface area contributed by atoms with Gasteiger partial charge in [-0.05, 0) is 29.7 Å². The summed E-state index contributed by atoms with van der Waals surface area (Å²) in [5.74, 6) is -0.743. The molecule has 0 amide bonds. The van der Waals surface area contributed by atoms with Crippen molar-refractivity contribution in [3.05, 3.63) is 48.3 Å². The van der Waals surface area contributed by atoms with Crippen LogP contribution >= 0.6 is 0 Å². The standard InChI is InChI=1S/C13H14N2O2/c1-10(9-13(16)17)11-3-5-12(6-4-11)15-8-2-7-14-15/h2-8,10H,9H2,1H3,(H,16,17). The third-order valence-electron chi connectivity index (χ3n) is 2.71. The number of hydrogen-bond donors (Lipinski definition) is 1. The summed E-state index contributed by atoms with van der Waals surface area (Å²) in [7, 11) is 0. The molecule has 4 heteroatoms. The Labute approximate surface area is 99.5 Å². The van der Waals surface area contributed by atoms with Crippen molar-refractivity contribution in [2.75, 3.05) is 0 Å². The Morgan fingerprint density at radius 3 is 2.65 bits per heavy atom. The summed E-state index contributed by atoms with van der Waals surface area (Å²) in [5, 5.41) is 12.9. The van der Waals surface area contributed by atoms with Gasteiger partial charge in [0.25, 0.3) is 0 Å². The average molecular weight is 230 g/mol. The lowest BCUT2D eigenvalue weighted by molar-refractivity contribution is -0.137. The molecule has 4 nitrogen and oxygen atoms in total. The zero-order valence-electron chi connectivity index (χ0n) is 9.58. The minimum Gasteiger partial charge on any atom is -0.481 e. The van der Waals surface area contributed by atoms with E-state index < -0.39 is 5.97 Å². The Morgan fingerprint density at radius 2 is 2.12 bits per heavy atom. The number of carboxylic acid groups (broad SMARTS) is 1. The highest BCUT2D eigenvalue weighted by Gasteiger charge is 2.09. The highest BCUT2D eigenvalue weighted by molar-refractivity contribution is 5.68.